The molecule has 102 valence electrons. The van der Waals surface area contributed by atoms with Crippen LogP contribution in [-0.2, 0) is 23.7 Å². The molecule has 6 heteroatoms. The van der Waals surface area contributed by atoms with Crippen molar-refractivity contribution in [3.8, 4) is 22.9 Å². The van der Waals surface area contributed by atoms with Gasteiger partial charge in [0.2, 0.25) is 0 Å². The third-order valence-corrected chi connectivity index (χ3v) is 2.87. The molecule has 0 saturated carbocycles. The lowest BCUT2D eigenvalue weighted by Crippen LogP contribution is -2.38. The Hall–Kier alpha value is -2.76. The number of rotatable bonds is 5. The van der Waals surface area contributed by atoms with Crippen molar-refractivity contribution in [2.45, 2.75) is 0 Å². The van der Waals surface area contributed by atoms with Crippen LogP contribution in [0.5, 0.6) is 11.5 Å². The molecule has 0 radical (unpaired) electrons. The van der Waals surface area contributed by atoms with Crippen LogP contribution in [0, 0.1) is 0 Å². The van der Waals surface area contributed by atoms with Gasteiger partial charge < -0.3 is 9.47 Å². The highest BCUT2D eigenvalue weighted by atomic mass is 16.5. The molecule has 0 spiro atoms. The van der Waals surface area contributed by atoms with Crippen LogP contribution < -0.4 is 18.6 Å². The molecular formula is C14H14N2O4+2. The van der Waals surface area contributed by atoms with Crippen molar-refractivity contribution in [1.82, 2.24) is 0 Å². The van der Waals surface area contributed by atoms with Crippen molar-refractivity contribution >= 4 is 12.9 Å². The third kappa shape index (κ3) is 2.80. The van der Waals surface area contributed by atoms with E-state index in [1.807, 2.05) is 23.2 Å². The van der Waals surface area contributed by atoms with Gasteiger partial charge in [0.25, 0.3) is 24.3 Å². The van der Waals surface area contributed by atoms with E-state index in [1.54, 1.807) is 36.7 Å². The van der Waals surface area contributed by atoms with Crippen LogP contribution in [0.3, 0.4) is 0 Å². The second-order valence-electron chi connectivity index (χ2n) is 4.15. The lowest BCUT2D eigenvalue weighted by Gasteiger charge is -2.03. The molecule has 0 aliphatic carbocycles. The predicted octanol–water partition coefficient (Wildman–Crippen LogP) is 0.0730. The van der Waals surface area contributed by atoms with Crippen molar-refractivity contribution in [3.05, 3.63) is 36.7 Å². The molecule has 0 unspecified atom stereocenters. The molecular weight excluding hydrogens is 260 g/mol. The summed E-state index contributed by atoms with van der Waals surface area (Å²) < 4.78 is 13.4. The van der Waals surface area contributed by atoms with Crippen molar-refractivity contribution in [2.75, 3.05) is 0 Å². The third-order valence-electron chi connectivity index (χ3n) is 2.87. The average molecular weight is 274 g/mol. The number of aryl methyl sites for hydroxylation is 2. The normalized spacial score (nSPS) is 9.90. The zero-order chi connectivity index (χ0) is 14.5. The van der Waals surface area contributed by atoms with E-state index in [2.05, 4.69) is 0 Å². The standard InChI is InChI=1S/C14H14N2O4/c1-15-5-3-11(19-9-17)7-13(15)14-8-12(20-10-18)4-6-16(14)2/h3-10H,1-2H3/q+2. The molecule has 0 atom stereocenters. The summed E-state index contributed by atoms with van der Waals surface area (Å²) in [5.41, 5.74) is 1.62. The second kappa shape index (κ2) is 5.92. The maximum absolute atomic E-state index is 10.4. The smallest absolute Gasteiger partial charge is 0.298 e. The zero-order valence-electron chi connectivity index (χ0n) is 11.1. The fraction of sp³-hybridized carbons (Fsp3) is 0.143. The number of aromatic nitrogens is 2. The number of carbonyl (C=O) groups is 2. The summed E-state index contributed by atoms with van der Waals surface area (Å²) in [6, 6.07) is 6.83. The first-order chi connectivity index (χ1) is 9.65. The molecule has 0 N–H and O–H groups in total. The van der Waals surface area contributed by atoms with E-state index in [0.717, 1.165) is 11.4 Å². The lowest BCUT2D eigenvalue weighted by molar-refractivity contribution is -0.690. The van der Waals surface area contributed by atoms with Gasteiger partial charge in [-0.1, -0.05) is 0 Å². The Morgan fingerprint density at radius 3 is 1.60 bits per heavy atom. The van der Waals surface area contributed by atoms with Crippen LogP contribution >= 0.6 is 0 Å². The first kappa shape index (κ1) is 13.7. The Morgan fingerprint density at radius 1 is 0.850 bits per heavy atom. The summed E-state index contributed by atoms with van der Waals surface area (Å²) in [6.45, 7) is 0.760. The monoisotopic (exact) mass is 274 g/mol. The zero-order valence-corrected chi connectivity index (χ0v) is 11.1. The molecule has 2 heterocycles. The summed E-state index contributed by atoms with van der Waals surface area (Å²) in [5.74, 6) is 0.879. The second-order valence-corrected chi connectivity index (χ2v) is 4.15. The number of carbonyl (C=O) groups excluding carboxylic acids is 2. The Labute approximate surface area is 115 Å². The minimum Gasteiger partial charge on any atom is -0.428 e. The molecule has 0 amide bonds. The number of pyridine rings is 2. The van der Waals surface area contributed by atoms with Gasteiger partial charge in [-0.05, 0) is 0 Å². The Morgan fingerprint density at radius 2 is 1.25 bits per heavy atom. The van der Waals surface area contributed by atoms with Gasteiger partial charge in [-0.3, -0.25) is 9.59 Å². The van der Waals surface area contributed by atoms with Gasteiger partial charge in [0.05, 0.1) is 12.1 Å². The van der Waals surface area contributed by atoms with Crippen molar-refractivity contribution in [3.63, 3.8) is 0 Å². The van der Waals surface area contributed by atoms with E-state index in [-0.39, 0.29) is 0 Å². The number of hydrogen-bond acceptors (Lipinski definition) is 4. The molecule has 0 fully saturated rings. The van der Waals surface area contributed by atoms with Crippen molar-refractivity contribution in [2.24, 2.45) is 14.1 Å². The van der Waals surface area contributed by atoms with Crippen LogP contribution in [0.4, 0.5) is 0 Å². The van der Waals surface area contributed by atoms with Gasteiger partial charge in [0.1, 0.15) is 25.6 Å². The van der Waals surface area contributed by atoms with E-state index in [0.29, 0.717) is 24.4 Å². The molecule has 0 aliphatic heterocycles. The van der Waals surface area contributed by atoms with Gasteiger partial charge in [0, 0.05) is 12.1 Å². The van der Waals surface area contributed by atoms with Gasteiger partial charge in [-0.2, -0.15) is 9.13 Å². The molecule has 0 bridgehead atoms. The number of hydrogen-bond donors (Lipinski definition) is 0. The van der Waals surface area contributed by atoms with Crippen LogP contribution in [0.25, 0.3) is 11.4 Å². The summed E-state index contributed by atoms with van der Waals surface area (Å²) in [5, 5.41) is 0. The topological polar surface area (TPSA) is 60.4 Å². The first-order valence-electron chi connectivity index (χ1n) is 5.86. The fourth-order valence-electron chi connectivity index (χ4n) is 1.87. The van der Waals surface area contributed by atoms with Crippen LogP contribution in [0.1, 0.15) is 0 Å². The van der Waals surface area contributed by atoms with E-state index in [9.17, 15) is 9.59 Å². The number of ether oxygens (including phenoxy) is 2. The van der Waals surface area contributed by atoms with Gasteiger partial charge >= 0.3 is 0 Å². The van der Waals surface area contributed by atoms with Gasteiger partial charge in [0.15, 0.2) is 12.4 Å². The molecule has 0 aliphatic rings. The minimum atomic E-state index is 0.380. The maximum Gasteiger partial charge on any atom is 0.298 e. The first-order valence-corrected chi connectivity index (χ1v) is 5.86. The van der Waals surface area contributed by atoms with E-state index < -0.39 is 0 Å². The quantitative estimate of drug-likeness (QED) is 0.572. The number of nitrogens with zero attached hydrogens (tertiary/aromatic N) is 2. The SMILES string of the molecule is C[n+]1ccc(OC=O)cc1-c1cc(OC=O)cc[n+]1C. The largest absolute Gasteiger partial charge is 0.428 e. The summed E-state index contributed by atoms with van der Waals surface area (Å²) in [6.07, 6.45) is 3.56. The molecule has 2 aromatic heterocycles. The predicted molar refractivity (Wildman–Crippen MR) is 67.6 cm³/mol. The summed E-state index contributed by atoms with van der Waals surface area (Å²) in [7, 11) is 3.74. The van der Waals surface area contributed by atoms with Crippen LogP contribution in [-0.4, -0.2) is 12.9 Å². The molecule has 0 aromatic carbocycles. The lowest BCUT2D eigenvalue weighted by atomic mass is 10.2. The molecule has 0 saturated heterocycles. The maximum atomic E-state index is 10.4. The highest BCUT2D eigenvalue weighted by molar-refractivity contribution is 5.55. The van der Waals surface area contributed by atoms with Gasteiger partial charge in [-0.25, -0.2) is 0 Å². The van der Waals surface area contributed by atoms with E-state index in [1.165, 1.54) is 0 Å². The fourth-order valence-corrected chi connectivity index (χ4v) is 1.87. The highest BCUT2D eigenvalue weighted by Gasteiger charge is 2.21. The summed E-state index contributed by atoms with van der Waals surface area (Å²) in [4.78, 5) is 20.8. The Bertz CT molecular complexity index is 598. The molecule has 20 heavy (non-hydrogen) atoms. The van der Waals surface area contributed by atoms with Crippen LogP contribution in [0.15, 0.2) is 36.7 Å². The Balaban J connectivity index is 2.54. The Kier molecular flexibility index (Phi) is 4.05. The van der Waals surface area contributed by atoms with Gasteiger partial charge in [-0.15, -0.1) is 0 Å². The van der Waals surface area contributed by atoms with Crippen molar-refractivity contribution in [1.29, 1.82) is 0 Å². The summed E-state index contributed by atoms with van der Waals surface area (Å²) >= 11 is 0. The molecule has 2 aromatic rings. The van der Waals surface area contributed by atoms with Crippen LogP contribution in [0.2, 0.25) is 0 Å². The van der Waals surface area contributed by atoms with E-state index >= 15 is 0 Å². The highest BCUT2D eigenvalue weighted by Crippen LogP contribution is 2.20. The van der Waals surface area contributed by atoms with E-state index in [4.69, 9.17) is 9.47 Å². The minimum absolute atomic E-state index is 0.380. The average Bonchev–Trinajstić information content (AvgIpc) is 2.44. The molecule has 2 rings (SSSR count). The molecule has 6 nitrogen and oxygen atoms in total. The van der Waals surface area contributed by atoms with Crippen molar-refractivity contribution < 1.29 is 28.2 Å².